The Morgan fingerprint density at radius 3 is 1.75 bits per heavy atom. The number of amides is 1. The molecule has 8 nitrogen and oxygen atoms in total. The lowest BCUT2D eigenvalue weighted by Gasteiger charge is -2.29. The molecule has 0 heterocycles. The highest BCUT2D eigenvalue weighted by molar-refractivity contribution is 7.45. The fourth-order valence-corrected chi connectivity index (χ4v) is 6.17. The summed E-state index contributed by atoms with van der Waals surface area (Å²) in [4.78, 5) is 25.2. The third-order valence-electron chi connectivity index (χ3n) is 8.79. The molecule has 0 aromatic rings. The zero-order valence-corrected chi connectivity index (χ0v) is 34.4. The highest BCUT2D eigenvalue weighted by atomic mass is 31.2. The van der Waals surface area contributed by atoms with Crippen molar-refractivity contribution in [3.8, 4) is 0 Å². The van der Waals surface area contributed by atoms with Crippen LogP contribution in [0, 0.1) is 0 Å². The number of carbonyl (C=O) groups excluding carboxylic acids is 1. The van der Waals surface area contributed by atoms with Crippen molar-refractivity contribution in [1.82, 2.24) is 5.32 Å². The minimum atomic E-state index is -4.59. The highest BCUT2D eigenvalue weighted by Crippen LogP contribution is 2.38. The van der Waals surface area contributed by atoms with Crippen molar-refractivity contribution in [2.24, 2.45) is 0 Å². The Morgan fingerprint density at radius 2 is 1.16 bits per heavy atom. The predicted octanol–water partition coefficient (Wildman–Crippen LogP) is 10.3. The van der Waals surface area contributed by atoms with Gasteiger partial charge in [0.25, 0.3) is 7.82 Å². The minimum Gasteiger partial charge on any atom is -0.756 e. The van der Waals surface area contributed by atoms with Gasteiger partial charge in [0.15, 0.2) is 0 Å². The maximum atomic E-state index is 12.8. The summed E-state index contributed by atoms with van der Waals surface area (Å²) in [6, 6.07) is -0.902. The van der Waals surface area contributed by atoms with Crippen LogP contribution in [0.2, 0.25) is 0 Å². The predicted molar refractivity (Wildman–Crippen MR) is 214 cm³/mol. The van der Waals surface area contributed by atoms with Crippen LogP contribution in [-0.4, -0.2) is 68.5 Å². The lowest BCUT2D eigenvalue weighted by molar-refractivity contribution is -0.870. The molecular weight excluding hydrogens is 659 g/mol. The van der Waals surface area contributed by atoms with Crippen molar-refractivity contribution < 1.29 is 32.9 Å². The quantitative estimate of drug-likeness (QED) is 0.0218. The van der Waals surface area contributed by atoms with Crippen LogP contribution in [-0.2, 0) is 18.4 Å². The molecule has 298 valence electrons. The zero-order valence-electron chi connectivity index (χ0n) is 33.5. The van der Waals surface area contributed by atoms with E-state index in [0.29, 0.717) is 17.4 Å². The lowest BCUT2D eigenvalue weighted by Crippen LogP contribution is -2.45. The summed E-state index contributed by atoms with van der Waals surface area (Å²) < 4.78 is 23.1. The van der Waals surface area contributed by atoms with Crippen LogP contribution in [0.1, 0.15) is 162 Å². The van der Waals surface area contributed by atoms with Crippen LogP contribution < -0.4 is 10.2 Å². The van der Waals surface area contributed by atoms with E-state index < -0.39 is 26.6 Å². The van der Waals surface area contributed by atoms with Crippen molar-refractivity contribution in [3.05, 3.63) is 48.6 Å². The smallest absolute Gasteiger partial charge is 0.268 e. The van der Waals surface area contributed by atoms with Gasteiger partial charge in [-0.05, 0) is 57.8 Å². The first-order valence-electron chi connectivity index (χ1n) is 20.5. The van der Waals surface area contributed by atoms with Gasteiger partial charge in [-0.3, -0.25) is 9.36 Å². The van der Waals surface area contributed by atoms with Crippen LogP contribution in [0.25, 0.3) is 0 Å². The molecule has 2 N–H and O–H groups in total. The molecule has 1 amide bonds. The first kappa shape index (κ1) is 49.5. The SMILES string of the molecule is CCCCC/C=C\C=C/CCCCCCCCCCCCC(=O)NC(COP(=O)([O-])OCC[N+](C)(C)C)C(O)/C=C/CC/C=C/CCCCCC. The van der Waals surface area contributed by atoms with Gasteiger partial charge in [-0.15, -0.1) is 0 Å². The van der Waals surface area contributed by atoms with E-state index in [1.54, 1.807) is 6.08 Å². The molecule has 3 unspecified atom stereocenters. The van der Waals surface area contributed by atoms with E-state index in [-0.39, 0.29) is 12.5 Å². The molecular formula is C42H79N2O6P. The number of aliphatic hydroxyl groups is 1. The fraction of sp³-hybridized carbons (Fsp3) is 0.786. The second-order valence-electron chi connectivity index (χ2n) is 15.0. The number of quaternary nitrogens is 1. The topological polar surface area (TPSA) is 108 Å². The number of carbonyl (C=O) groups is 1. The molecule has 0 rings (SSSR count). The average Bonchev–Trinajstić information content (AvgIpc) is 3.07. The lowest BCUT2D eigenvalue weighted by atomic mass is 10.0. The number of unbranched alkanes of at least 4 members (excludes halogenated alkanes) is 18. The number of rotatable bonds is 36. The van der Waals surface area contributed by atoms with E-state index in [4.69, 9.17) is 9.05 Å². The number of phosphoric ester groups is 1. The van der Waals surface area contributed by atoms with Gasteiger partial charge in [0, 0.05) is 6.42 Å². The van der Waals surface area contributed by atoms with Gasteiger partial charge >= 0.3 is 0 Å². The van der Waals surface area contributed by atoms with Gasteiger partial charge in [0.1, 0.15) is 13.2 Å². The molecule has 3 atom stereocenters. The number of aliphatic hydroxyl groups excluding tert-OH is 1. The molecule has 0 aliphatic heterocycles. The number of phosphoric acid groups is 1. The molecule has 0 aliphatic rings. The molecule has 9 heteroatoms. The molecule has 0 aliphatic carbocycles. The van der Waals surface area contributed by atoms with Crippen LogP contribution >= 0.6 is 7.82 Å². The number of likely N-dealkylation sites (N-methyl/N-ethyl adjacent to an activating group) is 1. The monoisotopic (exact) mass is 739 g/mol. The summed E-state index contributed by atoms with van der Waals surface area (Å²) in [6.07, 6.45) is 41.6. The standard InChI is InChI=1S/C42H79N2O6P/c1-6-8-10-12-14-16-18-19-20-21-22-23-24-25-26-28-30-32-34-36-42(46)43-40(39-50-51(47,48)49-38-37-44(3,4)5)41(45)35-33-31-29-27-17-15-13-11-9-7-2/h14,16-19,27,33,35,40-41,45H,6-13,15,20-26,28-32,34,36-39H2,1-5H3,(H-,43,46,47,48)/b16-14-,19-18-,27-17+,35-33+. The molecule has 0 spiro atoms. The van der Waals surface area contributed by atoms with Gasteiger partial charge in [0.2, 0.25) is 5.91 Å². The third kappa shape index (κ3) is 36.6. The number of nitrogens with zero attached hydrogens (tertiary/aromatic N) is 1. The second-order valence-corrected chi connectivity index (χ2v) is 16.4. The van der Waals surface area contributed by atoms with Gasteiger partial charge in [0.05, 0.1) is 39.9 Å². The Balaban J connectivity index is 4.41. The molecule has 0 radical (unpaired) electrons. The van der Waals surface area contributed by atoms with Crippen LogP contribution in [0.15, 0.2) is 48.6 Å². The zero-order chi connectivity index (χ0) is 37.9. The van der Waals surface area contributed by atoms with E-state index in [9.17, 15) is 19.4 Å². The van der Waals surface area contributed by atoms with E-state index in [1.807, 2.05) is 27.2 Å². The van der Waals surface area contributed by atoms with Crippen LogP contribution in [0.5, 0.6) is 0 Å². The molecule has 0 saturated carbocycles. The fourth-order valence-electron chi connectivity index (χ4n) is 5.45. The summed E-state index contributed by atoms with van der Waals surface area (Å²) in [5.74, 6) is -0.216. The van der Waals surface area contributed by atoms with E-state index in [0.717, 1.165) is 38.5 Å². The summed E-state index contributed by atoms with van der Waals surface area (Å²) in [6.45, 7) is 4.53. The van der Waals surface area contributed by atoms with Gasteiger partial charge in [-0.1, -0.05) is 146 Å². The van der Waals surface area contributed by atoms with Gasteiger partial charge in [-0.2, -0.15) is 0 Å². The van der Waals surface area contributed by atoms with Crippen molar-refractivity contribution in [3.63, 3.8) is 0 Å². The Hall–Kier alpha value is -1.54. The summed E-state index contributed by atoms with van der Waals surface area (Å²) in [5.41, 5.74) is 0. The number of hydrogen-bond acceptors (Lipinski definition) is 6. The molecule has 0 bridgehead atoms. The Bertz CT molecular complexity index is 975. The summed E-state index contributed by atoms with van der Waals surface area (Å²) >= 11 is 0. The molecule has 51 heavy (non-hydrogen) atoms. The van der Waals surface area contributed by atoms with Crippen molar-refractivity contribution in [2.45, 2.75) is 174 Å². The molecule has 0 aromatic carbocycles. The Labute approximate surface area is 314 Å². The second kappa shape index (κ2) is 34.2. The van der Waals surface area contributed by atoms with Crippen molar-refractivity contribution in [2.75, 3.05) is 40.9 Å². The highest BCUT2D eigenvalue weighted by Gasteiger charge is 2.23. The summed E-state index contributed by atoms with van der Waals surface area (Å²) in [5, 5.41) is 13.7. The van der Waals surface area contributed by atoms with E-state index in [1.165, 1.54) is 103 Å². The minimum absolute atomic E-state index is 0.00866. The summed E-state index contributed by atoms with van der Waals surface area (Å²) in [7, 11) is 1.23. The first-order valence-corrected chi connectivity index (χ1v) is 22.0. The van der Waals surface area contributed by atoms with Crippen molar-refractivity contribution in [1.29, 1.82) is 0 Å². The largest absolute Gasteiger partial charge is 0.756 e. The average molecular weight is 739 g/mol. The van der Waals surface area contributed by atoms with E-state index in [2.05, 4.69) is 55.6 Å². The number of hydrogen-bond donors (Lipinski definition) is 2. The molecule has 0 saturated heterocycles. The third-order valence-corrected chi connectivity index (χ3v) is 9.75. The van der Waals surface area contributed by atoms with Crippen molar-refractivity contribution >= 4 is 13.7 Å². The van der Waals surface area contributed by atoms with Gasteiger partial charge in [-0.25, -0.2) is 0 Å². The Kier molecular flexibility index (Phi) is 33.2. The maximum absolute atomic E-state index is 12.8. The van der Waals surface area contributed by atoms with Crippen LogP contribution in [0.3, 0.4) is 0 Å². The number of nitrogens with one attached hydrogen (secondary N) is 1. The van der Waals surface area contributed by atoms with Gasteiger partial charge < -0.3 is 28.8 Å². The normalized spacial score (nSPS) is 15.0. The van der Waals surface area contributed by atoms with Crippen LogP contribution in [0.4, 0.5) is 0 Å². The molecule has 0 aromatic heterocycles. The number of allylic oxidation sites excluding steroid dienone is 7. The first-order chi connectivity index (χ1) is 24.5. The molecule has 0 fully saturated rings. The maximum Gasteiger partial charge on any atom is 0.268 e. The Morgan fingerprint density at radius 1 is 0.686 bits per heavy atom. The van der Waals surface area contributed by atoms with E-state index >= 15 is 0 Å².